The van der Waals surface area contributed by atoms with Gasteiger partial charge < -0.3 is 14.9 Å². The number of hydrogen-bond donors (Lipinski definition) is 2. The van der Waals surface area contributed by atoms with Crippen LogP contribution >= 0.6 is 11.3 Å². The second kappa shape index (κ2) is 11.2. The highest BCUT2D eigenvalue weighted by Crippen LogP contribution is 2.38. The van der Waals surface area contributed by atoms with Gasteiger partial charge in [-0.25, -0.2) is 14.2 Å². The Hall–Kier alpha value is -2.24. The van der Waals surface area contributed by atoms with E-state index in [0.29, 0.717) is 10.7 Å². The summed E-state index contributed by atoms with van der Waals surface area (Å²) < 4.78 is 51.6. The highest BCUT2D eigenvalue weighted by molar-refractivity contribution is 7.85. The number of benzene rings is 1. The van der Waals surface area contributed by atoms with E-state index >= 15 is 0 Å². The molecule has 0 aliphatic carbocycles. The second-order valence-electron chi connectivity index (χ2n) is 9.25. The quantitative estimate of drug-likeness (QED) is 0.459. The number of hydrogen-bond acceptors (Lipinski definition) is 6. The average Bonchev–Trinajstić information content (AvgIpc) is 3.31. The lowest BCUT2D eigenvalue weighted by Crippen LogP contribution is -2.33. The van der Waals surface area contributed by atoms with Gasteiger partial charge in [-0.2, -0.15) is 13.2 Å². The van der Waals surface area contributed by atoms with Crippen molar-refractivity contribution in [1.82, 2.24) is 15.3 Å². The molecule has 0 radical (unpaired) electrons. The lowest BCUT2D eigenvalue weighted by molar-refractivity contribution is -0.126. The van der Waals surface area contributed by atoms with E-state index in [1.807, 2.05) is 38.2 Å². The highest BCUT2D eigenvalue weighted by Gasteiger charge is 2.35. The molecule has 3 aromatic rings. The van der Waals surface area contributed by atoms with E-state index in [9.17, 15) is 17.4 Å². The van der Waals surface area contributed by atoms with Gasteiger partial charge in [0, 0.05) is 36.5 Å². The number of fused-ring (bicyclic) bond motifs is 1. The van der Waals surface area contributed by atoms with Crippen molar-refractivity contribution in [2.24, 2.45) is 5.41 Å². The predicted molar refractivity (Wildman–Crippen MR) is 140 cm³/mol. The topological polar surface area (TPSA) is 70.2 Å². The first-order valence-electron chi connectivity index (χ1n) is 11.3. The first kappa shape index (κ1) is 27.3. The Balaban J connectivity index is 0.000000261. The Morgan fingerprint density at radius 1 is 1.20 bits per heavy atom. The zero-order valence-corrected chi connectivity index (χ0v) is 22.3. The first-order valence-corrected chi connectivity index (χ1v) is 13.6. The molecule has 1 fully saturated rings. The number of halogens is 3. The number of thiophene rings is 1. The Bertz CT molecular complexity index is 1170. The fourth-order valence-electron chi connectivity index (χ4n) is 4.15. The van der Waals surface area contributed by atoms with Gasteiger partial charge in [0.05, 0.1) is 11.8 Å². The molecule has 11 heteroatoms. The zero-order valence-electron chi connectivity index (χ0n) is 20.6. The van der Waals surface area contributed by atoms with Crippen LogP contribution in [0.5, 0.6) is 0 Å². The molecule has 0 bridgehead atoms. The Kier molecular flexibility index (Phi) is 8.76. The summed E-state index contributed by atoms with van der Waals surface area (Å²) >= 11 is 1.11. The smallest absolute Gasteiger partial charge is 0.355 e. The van der Waals surface area contributed by atoms with Gasteiger partial charge in [-0.3, -0.25) is 0 Å². The van der Waals surface area contributed by atoms with Crippen molar-refractivity contribution >= 4 is 44.0 Å². The summed E-state index contributed by atoms with van der Waals surface area (Å²) in [5.41, 5.74) is 2.25. The van der Waals surface area contributed by atoms with E-state index in [1.165, 1.54) is 5.56 Å². The van der Waals surface area contributed by atoms with Crippen molar-refractivity contribution in [1.29, 1.82) is 0 Å². The molecule has 35 heavy (non-hydrogen) atoms. The molecule has 6 nitrogen and oxygen atoms in total. The molecule has 2 atom stereocenters. The maximum absolute atomic E-state index is 12.7. The van der Waals surface area contributed by atoms with Crippen LogP contribution in [-0.4, -0.2) is 53.3 Å². The van der Waals surface area contributed by atoms with E-state index in [-0.39, 0.29) is 10.3 Å². The second-order valence-corrected chi connectivity index (χ2v) is 11.5. The third-order valence-electron chi connectivity index (χ3n) is 5.68. The average molecular weight is 528 g/mol. The van der Waals surface area contributed by atoms with E-state index in [0.717, 1.165) is 54.3 Å². The molecular formula is C24H32F3N5OS2. The molecule has 2 N–H and O–H groups in total. The summed E-state index contributed by atoms with van der Waals surface area (Å²) in [7, 11) is 0.961. The van der Waals surface area contributed by atoms with Crippen LogP contribution in [0.2, 0.25) is 0 Å². The van der Waals surface area contributed by atoms with Crippen LogP contribution in [0.25, 0.3) is 10.2 Å². The number of nitrogens with one attached hydrogen (secondary N) is 2. The minimum atomic E-state index is -4.21. The third kappa shape index (κ3) is 7.88. The molecule has 0 spiro atoms. The molecule has 2 unspecified atom stereocenters. The first-order chi connectivity index (χ1) is 16.4. The van der Waals surface area contributed by atoms with Crippen LogP contribution < -0.4 is 14.9 Å². The minimum Gasteiger partial charge on any atom is -0.355 e. The van der Waals surface area contributed by atoms with Crippen molar-refractivity contribution in [2.75, 3.05) is 42.6 Å². The van der Waals surface area contributed by atoms with Crippen molar-refractivity contribution in [2.45, 2.75) is 39.8 Å². The molecule has 1 saturated heterocycles. The van der Waals surface area contributed by atoms with Crippen LogP contribution in [0, 0.1) is 19.3 Å². The molecule has 0 saturated carbocycles. The van der Waals surface area contributed by atoms with E-state index in [2.05, 4.69) is 31.8 Å². The summed E-state index contributed by atoms with van der Waals surface area (Å²) in [5, 5.41) is 3.95. The van der Waals surface area contributed by atoms with E-state index < -0.39 is 23.6 Å². The largest absolute Gasteiger partial charge is 0.393 e. The van der Waals surface area contributed by atoms with Gasteiger partial charge in [0.2, 0.25) is 0 Å². The summed E-state index contributed by atoms with van der Waals surface area (Å²) in [4.78, 5) is 12.0. The SMILES string of the molecule is CNCC1(C)CCN(c2nc(C)nc3sc(CC(F)(F)F)cc23)C1.Cc1ccc(NS(C)=O)cc1. The summed E-state index contributed by atoms with van der Waals surface area (Å²) in [6, 6.07) is 9.40. The van der Waals surface area contributed by atoms with Crippen molar-refractivity contribution in [3.8, 4) is 0 Å². The van der Waals surface area contributed by atoms with Crippen LogP contribution in [-0.2, 0) is 17.4 Å². The van der Waals surface area contributed by atoms with Gasteiger partial charge in [-0.05, 0) is 50.9 Å². The number of anilines is 2. The number of aryl methyl sites for hydroxylation is 2. The highest BCUT2D eigenvalue weighted by atomic mass is 32.2. The third-order valence-corrected chi connectivity index (χ3v) is 7.24. The van der Waals surface area contributed by atoms with Crippen LogP contribution in [0.4, 0.5) is 24.7 Å². The van der Waals surface area contributed by atoms with E-state index in [4.69, 9.17) is 0 Å². The number of rotatable bonds is 6. The summed E-state index contributed by atoms with van der Waals surface area (Å²) in [5.74, 6) is 1.36. The van der Waals surface area contributed by atoms with Gasteiger partial charge in [-0.15, -0.1) is 11.3 Å². The van der Waals surface area contributed by atoms with Crippen molar-refractivity contribution < 1.29 is 17.4 Å². The Morgan fingerprint density at radius 2 is 1.89 bits per heavy atom. The molecular weight excluding hydrogens is 495 g/mol. The van der Waals surface area contributed by atoms with Crippen LogP contribution in [0.3, 0.4) is 0 Å². The number of alkyl halides is 3. The maximum atomic E-state index is 12.7. The molecule has 3 heterocycles. The number of nitrogens with zero attached hydrogens (tertiary/aromatic N) is 3. The van der Waals surface area contributed by atoms with Crippen LogP contribution in [0.1, 0.15) is 29.6 Å². The van der Waals surface area contributed by atoms with Gasteiger partial charge in [0.1, 0.15) is 27.5 Å². The normalized spacial score (nSPS) is 18.9. The van der Waals surface area contributed by atoms with Crippen molar-refractivity contribution in [3.63, 3.8) is 0 Å². The Labute approximate surface area is 210 Å². The molecule has 4 rings (SSSR count). The number of aromatic nitrogens is 2. The molecule has 1 aliphatic heterocycles. The Morgan fingerprint density at radius 3 is 2.49 bits per heavy atom. The lowest BCUT2D eigenvalue weighted by atomic mass is 9.90. The van der Waals surface area contributed by atoms with Gasteiger partial charge in [-0.1, -0.05) is 24.6 Å². The van der Waals surface area contributed by atoms with Crippen molar-refractivity contribution in [3.05, 3.63) is 46.6 Å². The van der Waals surface area contributed by atoms with Gasteiger partial charge in [0.25, 0.3) is 0 Å². The summed E-state index contributed by atoms with van der Waals surface area (Å²) in [6.45, 7) is 8.62. The molecule has 1 aliphatic rings. The predicted octanol–water partition coefficient (Wildman–Crippen LogP) is 5.24. The van der Waals surface area contributed by atoms with Crippen LogP contribution in [0.15, 0.2) is 30.3 Å². The molecule has 192 valence electrons. The molecule has 1 aromatic carbocycles. The molecule has 2 aromatic heterocycles. The lowest BCUT2D eigenvalue weighted by Gasteiger charge is -2.25. The monoisotopic (exact) mass is 527 g/mol. The maximum Gasteiger partial charge on any atom is 0.393 e. The fourth-order valence-corrected chi connectivity index (χ4v) is 5.72. The zero-order chi connectivity index (χ0) is 25.8. The standard InChI is InChI=1S/C16H21F3N4S.C8H11NOS/c1-10-21-13(23-5-4-15(2,9-23)8-20-3)12-6-11(7-16(17,18)19)24-14(12)22-10;1-7-3-5-8(6-4-7)9-11(2)10/h6,20H,4-5,7-9H2,1-3H3;3-6,9H,1-2H3. The van der Waals surface area contributed by atoms with Gasteiger partial charge >= 0.3 is 6.18 Å². The van der Waals surface area contributed by atoms with E-state index in [1.54, 1.807) is 19.2 Å². The van der Waals surface area contributed by atoms with Gasteiger partial charge in [0.15, 0.2) is 0 Å². The summed E-state index contributed by atoms with van der Waals surface area (Å²) in [6.07, 6.45) is -2.48. The molecule has 0 amide bonds. The fraction of sp³-hybridized carbons (Fsp3) is 0.500. The minimum absolute atomic E-state index is 0.144.